The summed E-state index contributed by atoms with van der Waals surface area (Å²) in [5.41, 5.74) is 30.7. The first kappa shape index (κ1) is 89.4. The Morgan fingerprint density at radius 3 is 0.904 bits per heavy atom. The highest BCUT2D eigenvalue weighted by atomic mass is 35.5. The average Bonchev–Trinajstić information content (AvgIpc) is 1.59. The molecule has 2 aromatic heterocycles. The van der Waals surface area contributed by atoms with E-state index in [0.717, 1.165) is 124 Å². The van der Waals surface area contributed by atoms with E-state index in [0.29, 0.717) is 15.1 Å². The maximum Gasteiger partial charge on any atom is 0.100 e. The van der Waals surface area contributed by atoms with Crippen LogP contribution in [0.25, 0.3) is 55.7 Å². The molecule has 2 heterocycles. The van der Waals surface area contributed by atoms with Gasteiger partial charge >= 0.3 is 0 Å². The minimum absolute atomic E-state index is 0.00704. The number of fused-ring (bicyclic) bond motifs is 2. The molecule has 0 fully saturated rings. The fourth-order valence-electron chi connectivity index (χ4n) is 15.6. The zero-order valence-corrected chi connectivity index (χ0v) is 78.8. The Hall–Kier alpha value is -11.9. The molecule has 16 rings (SSSR count). The quantitative estimate of drug-likeness (QED) is 0.110. The molecule has 11 heteroatoms. The molecule has 0 saturated carbocycles. The van der Waals surface area contributed by atoms with Gasteiger partial charge in [-0.25, -0.2) is 9.97 Å². The van der Waals surface area contributed by atoms with Gasteiger partial charge in [0.15, 0.2) is 0 Å². The molecule has 0 radical (unpaired) electrons. The van der Waals surface area contributed by atoms with Gasteiger partial charge in [0.25, 0.3) is 0 Å². The maximum atomic E-state index is 7.87. The summed E-state index contributed by atoms with van der Waals surface area (Å²) in [5, 5.41) is 5.26. The first-order valence-electron chi connectivity index (χ1n) is 43.5. The van der Waals surface area contributed by atoms with Crippen molar-refractivity contribution in [3.63, 3.8) is 0 Å². The molecule has 0 aliphatic rings. The SMILES string of the molecule is CC(C)(C)c1cc(Cl)c(Cl)c(-n2cnc3ccc(-c4ccccc4)cc32)c1.CC(C)(C)c1ccc(N(c2ccc(C(C)(C)C)cc2)c2cccc(N(c3ccc(C(C)(C)C)cc3)c3cc(C(C)(C)C)cc(-n4cnc5ccc(-c6ccccc6)cc54)c3Cl)c2)cc1.CC(C)(C)c1ccc(N(c2ccc(C(C)(C)C)cc2)c2cccc(Nc3ccccc3)c2)cc1. The molecule has 0 bridgehead atoms. The summed E-state index contributed by atoms with van der Waals surface area (Å²) in [5.74, 6) is 0. The highest BCUT2D eigenvalue weighted by Gasteiger charge is 2.29. The lowest BCUT2D eigenvalue weighted by atomic mass is 9.86. The lowest BCUT2D eigenvalue weighted by molar-refractivity contribution is 0.589. The lowest BCUT2D eigenvalue weighted by Gasteiger charge is -2.32. The van der Waals surface area contributed by atoms with Gasteiger partial charge in [-0.1, -0.05) is 344 Å². The number of nitrogens with zero attached hydrogens (tertiary/aromatic N) is 7. The van der Waals surface area contributed by atoms with Gasteiger partial charge in [-0.2, -0.15) is 0 Å². The van der Waals surface area contributed by atoms with E-state index >= 15 is 0 Å². The highest BCUT2D eigenvalue weighted by molar-refractivity contribution is 6.43. The van der Waals surface area contributed by atoms with Crippen molar-refractivity contribution >= 4 is 119 Å². The van der Waals surface area contributed by atoms with Crippen molar-refractivity contribution in [2.75, 3.05) is 20.0 Å². The Morgan fingerprint density at radius 1 is 0.240 bits per heavy atom. The number of benzene rings is 14. The van der Waals surface area contributed by atoms with E-state index in [1.807, 2.05) is 65.8 Å². The van der Waals surface area contributed by atoms with Crippen molar-refractivity contribution in [3.8, 4) is 33.6 Å². The maximum absolute atomic E-state index is 7.87. The number of hydrogen-bond acceptors (Lipinski definition) is 6. The monoisotopic (exact) mass is 1700 g/mol. The standard InChI is InChI=1S/C59H63ClN4.C32H36N2.C23H20Cl2N2/c1-56(2,3)42-22-28-46(29-23-42)63(47-30-24-43(25-31-47)57(4,5)6)49-19-16-20-50(38-49)64(48-32-26-44(27-33-48)58(7,8)9)54-37-45(59(10,11)12)36-53(55(54)60)62-39-61-51-34-21-41(35-52(51)62)40-17-14-13-15-18-40;1-31(2,3)24-15-19-28(20-16-24)34(29-21-17-25(18-22-29)32(4,5)6)30-14-10-13-27(23-30)33-26-11-8-7-9-12-26;1-23(2,3)17-12-18(24)22(25)21(13-17)27-14-26-19-10-9-16(11-20(19)27)15-7-5-4-6-8-15/h13-39H,1-12H3;7-23,33H,1-6H3;4-14H,1-3H3. The molecule has 125 heavy (non-hydrogen) atoms. The smallest absolute Gasteiger partial charge is 0.100 e. The van der Waals surface area contributed by atoms with Crippen LogP contribution in [0.5, 0.6) is 0 Å². The summed E-state index contributed by atoms with van der Waals surface area (Å²) in [6.07, 6.45) is 3.72. The minimum Gasteiger partial charge on any atom is -0.355 e. The zero-order valence-electron chi connectivity index (χ0n) is 76.5. The predicted molar refractivity (Wildman–Crippen MR) is 539 cm³/mol. The number of para-hydroxylation sites is 1. The molecule has 1 N–H and O–H groups in total. The van der Waals surface area contributed by atoms with Crippen LogP contribution in [-0.4, -0.2) is 19.1 Å². The fraction of sp³-hybridized carbons (Fsp3) is 0.246. The van der Waals surface area contributed by atoms with E-state index in [2.05, 4.69) is 448 Å². The molecule has 0 unspecified atom stereocenters. The van der Waals surface area contributed by atoms with Gasteiger partial charge in [-0.05, 0) is 257 Å². The highest BCUT2D eigenvalue weighted by Crippen LogP contribution is 2.49. The number of imidazole rings is 2. The van der Waals surface area contributed by atoms with E-state index in [9.17, 15) is 0 Å². The number of nitrogens with one attached hydrogen (secondary N) is 1. The van der Waals surface area contributed by atoms with Crippen molar-refractivity contribution in [2.24, 2.45) is 0 Å². The molecular weight excluding hydrogens is 1590 g/mol. The number of hydrogen-bond donors (Lipinski definition) is 1. The second-order valence-corrected chi connectivity index (χ2v) is 41.2. The Bertz CT molecular complexity index is 6290. The van der Waals surface area contributed by atoms with E-state index in [1.54, 1.807) is 0 Å². The second-order valence-electron chi connectivity index (χ2n) is 40.0. The van der Waals surface area contributed by atoms with Gasteiger partial charge < -0.3 is 20.0 Å². The van der Waals surface area contributed by atoms with Gasteiger partial charge in [0.05, 0.1) is 54.2 Å². The topological polar surface area (TPSA) is 57.4 Å². The zero-order chi connectivity index (χ0) is 89.3. The summed E-state index contributed by atoms with van der Waals surface area (Å²) < 4.78 is 4.18. The average molecular weight is 1710 g/mol. The number of rotatable bonds is 15. The van der Waals surface area contributed by atoms with Crippen molar-refractivity contribution in [1.82, 2.24) is 19.1 Å². The molecule has 16 aromatic rings. The van der Waals surface area contributed by atoms with Crippen LogP contribution < -0.4 is 20.0 Å². The van der Waals surface area contributed by atoms with Gasteiger partial charge in [0, 0.05) is 56.9 Å². The van der Waals surface area contributed by atoms with E-state index < -0.39 is 0 Å². The van der Waals surface area contributed by atoms with Crippen LogP contribution in [0.15, 0.2) is 334 Å². The van der Waals surface area contributed by atoms with Crippen LogP contribution in [0.4, 0.5) is 62.6 Å². The van der Waals surface area contributed by atoms with Crippen LogP contribution in [0.1, 0.15) is 184 Å². The van der Waals surface area contributed by atoms with Crippen LogP contribution in [-0.2, 0) is 37.9 Å². The molecule has 0 saturated heterocycles. The van der Waals surface area contributed by atoms with Gasteiger partial charge in [0.1, 0.15) is 12.7 Å². The third kappa shape index (κ3) is 20.7. The molecule has 0 aliphatic heterocycles. The summed E-state index contributed by atoms with van der Waals surface area (Å²) in [6, 6.07) is 115. The third-order valence-corrected chi connectivity index (χ3v) is 24.5. The van der Waals surface area contributed by atoms with Crippen LogP contribution in [0, 0.1) is 0 Å². The van der Waals surface area contributed by atoms with E-state index in [1.165, 1.54) is 33.4 Å². The first-order valence-corrected chi connectivity index (χ1v) is 44.6. The van der Waals surface area contributed by atoms with Gasteiger partial charge in [-0.3, -0.25) is 9.13 Å². The summed E-state index contributed by atoms with van der Waals surface area (Å²) in [4.78, 5) is 16.5. The predicted octanol–water partition coefficient (Wildman–Crippen LogP) is 34.3. The molecule has 0 aliphatic carbocycles. The van der Waals surface area contributed by atoms with Gasteiger partial charge in [0.2, 0.25) is 0 Å². The molecule has 14 aromatic carbocycles. The lowest BCUT2D eigenvalue weighted by Crippen LogP contribution is -2.18. The Kier molecular flexibility index (Phi) is 25.7. The molecule has 636 valence electrons. The number of halogens is 3. The first-order chi connectivity index (χ1) is 59.1. The summed E-state index contributed by atoms with van der Waals surface area (Å²) >= 11 is 20.9. The number of aromatic nitrogens is 4. The third-order valence-electron chi connectivity index (χ3n) is 23.3. The molecule has 0 atom stereocenters. The Balaban J connectivity index is 0.000000173. The molecule has 8 nitrogen and oxygen atoms in total. The van der Waals surface area contributed by atoms with Crippen molar-refractivity contribution in [2.45, 2.75) is 183 Å². The van der Waals surface area contributed by atoms with Crippen LogP contribution in [0.3, 0.4) is 0 Å². The summed E-state index contributed by atoms with van der Waals surface area (Å²) in [7, 11) is 0. The normalized spacial score (nSPS) is 12.2. The fourth-order valence-corrected chi connectivity index (χ4v) is 16.3. The largest absolute Gasteiger partial charge is 0.355 e. The van der Waals surface area contributed by atoms with Crippen molar-refractivity contribution in [1.29, 1.82) is 0 Å². The van der Waals surface area contributed by atoms with Crippen molar-refractivity contribution in [3.05, 3.63) is 388 Å². The van der Waals surface area contributed by atoms with E-state index in [-0.39, 0.29) is 37.9 Å². The van der Waals surface area contributed by atoms with Crippen LogP contribution in [0.2, 0.25) is 15.1 Å². The van der Waals surface area contributed by atoms with Crippen LogP contribution >= 0.6 is 34.8 Å². The van der Waals surface area contributed by atoms with Crippen molar-refractivity contribution < 1.29 is 0 Å². The Morgan fingerprint density at radius 2 is 0.544 bits per heavy atom. The Labute approximate surface area is 758 Å². The second kappa shape index (κ2) is 36.0. The molecule has 0 amide bonds. The summed E-state index contributed by atoms with van der Waals surface area (Å²) in [6.45, 7) is 47.2. The number of anilines is 11. The van der Waals surface area contributed by atoms with Gasteiger partial charge in [-0.15, -0.1) is 0 Å². The molecule has 0 spiro atoms. The minimum atomic E-state index is -0.196. The molecular formula is C114H119Cl3N8. The van der Waals surface area contributed by atoms with E-state index in [4.69, 9.17) is 39.8 Å².